The summed E-state index contributed by atoms with van der Waals surface area (Å²) < 4.78 is 29.1. The van der Waals surface area contributed by atoms with Crippen LogP contribution in [0.4, 0.5) is 0 Å². The van der Waals surface area contributed by atoms with Gasteiger partial charge in [0.25, 0.3) is 0 Å². The summed E-state index contributed by atoms with van der Waals surface area (Å²) in [5.41, 5.74) is 4.87. The Kier molecular flexibility index (Phi) is 17.8. The van der Waals surface area contributed by atoms with E-state index in [0.717, 1.165) is 40.9 Å². The number of unbranched alkanes of at least 4 members (excludes halogenated alkanes) is 8. The number of nitrogens with zero attached hydrogens (tertiary/aromatic N) is 3. The number of hydrogen-bond acceptors (Lipinski definition) is 8. The van der Waals surface area contributed by atoms with Gasteiger partial charge in [0.05, 0.1) is 38.2 Å². The summed E-state index contributed by atoms with van der Waals surface area (Å²) in [6.45, 7) is 4.77. The van der Waals surface area contributed by atoms with Gasteiger partial charge in [0.1, 0.15) is 30.5 Å². The Morgan fingerprint density at radius 2 is 0.930 bits per heavy atom. The van der Waals surface area contributed by atoms with Crippen molar-refractivity contribution in [3.05, 3.63) is 155 Å². The molecule has 1 heterocycles. The van der Waals surface area contributed by atoms with Crippen molar-refractivity contribution in [1.29, 1.82) is 0 Å². The number of aliphatic hydroxyl groups is 1. The third kappa shape index (κ3) is 13.7. The molecule has 1 fully saturated rings. The Bertz CT molecular complexity index is 1780. The summed E-state index contributed by atoms with van der Waals surface area (Å²) in [6, 6.07) is 39.7. The predicted octanol–water partition coefficient (Wildman–Crippen LogP) is 8.98. The number of ether oxygens (including phenoxy) is 4. The molecule has 9 nitrogen and oxygen atoms in total. The molecular weight excluding hydrogens is 713 g/mol. The van der Waals surface area contributed by atoms with E-state index >= 15 is 0 Å². The van der Waals surface area contributed by atoms with E-state index in [0.29, 0.717) is 33.0 Å². The van der Waals surface area contributed by atoms with Crippen LogP contribution in [0, 0.1) is 0 Å². The maximum absolute atomic E-state index is 12.4. The van der Waals surface area contributed by atoms with Gasteiger partial charge in [-0.3, -0.25) is 4.68 Å². The molecule has 1 aromatic heterocycles. The minimum Gasteiger partial charge on any atom is -0.389 e. The van der Waals surface area contributed by atoms with E-state index in [4.69, 9.17) is 18.9 Å². The molecule has 304 valence electrons. The molecule has 1 saturated carbocycles. The first-order valence-electron chi connectivity index (χ1n) is 21.1. The zero-order valence-electron chi connectivity index (χ0n) is 33.6. The van der Waals surface area contributed by atoms with Gasteiger partial charge in [0.15, 0.2) is 0 Å². The average Bonchev–Trinajstić information content (AvgIpc) is 3.72. The Morgan fingerprint density at radius 3 is 1.40 bits per heavy atom. The highest BCUT2D eigenvalue weighted by molar-refractivity contribution is 5.18. The van der Waals surface area contributed by atoms with Crippen LogP contribution >= 0.6 is 0 Å². The molecular formula is C48H62N4O5. The highest BCUT2D eigenvalue weighted by Gasteiger charge is 2.53. The van der Waals surface area contributed by atoms with Crippen molar-refractivity contribution >= 4 is 0 Å². The third-order valence-corrected chi connectivity index (χ3v) is 10.8. The van der Waals surface area contributed by atoms with Gasteiger partial charge in [-0.1, -0.05) is 185 Å². The number of nitrogens with one attached hydrogen (secondary N) is 1. The Morgan fingerprint density at radius 1 is 0.526 bits per heavy atom. The minimum absolute atomic E-state index is 0.300. The van der Waals surface area contributed by atoms with E-state index in [2.05, 4.69) is 34.7 Å². The Balaban J connectivity index is 1.21. The van der Waals surface area contributed by atoms with Crippen molar-refractivity contribution in [1.82, 2.24) is 20.3 Å². The molecule has 6 atom stereocenters. The second-order valence-corrected chi connectivity index (χ2v) is 15.2. The van der Waals surface area contributed by atoms with Crippen LogP contribution in [-0.2, 0) is 58.5 Å². The number of aryl methyl sites for hydroxylation is 1. The van der Waals surface area contributed by atoms with E-state index in [9.17, 15) is 5.11 Å². The van der Waals surface area contributed by atoms with Gasteiger partial charge < -0.3 is 29.4 Å². The lowest BCUT2D eigenvalue weighted by Crippen LogP contribution is -2.69. The molecule has 2 N–H and O–H groups in total. The van der Waals surface area contributed by atoms with Gasteiger partial charge in [-0.2, -0.15) is 0 Å². The number of aliphatic hydroxyl groups excluding tert-OH is 1. The molecule has 0 amide bonds. The summed E-state index contributed by atoms with van der Waals surface area (Å²) in [4.78, 5) is 0. The maximum Gasteiger partial charge on any atom is 0.115 e. The zero-order chi connectivity index (χ0) is 39.3. The number of aromatic nitrogens is 3. The fourth-order valence-corrected chi connectivity index (χ4v) is 7.58. The van der Waals surface area contributed by atoms with Crippen LogP contribution in [-0.4, -0.2) is 56.7 Å². The van der Waals surface area contributed by atoms with E-state index in [1.165, 1.54) is 51.4 Å². The normalized spacial score (nSPS) is 20.8. The maximum atomic E-state index is 12.4. The van der Waals surface area contributed by atoms with Crippen molar-refractivity contribution in [3.8, 4) is 0 Å². The number of rotatable bonds is 25. The molecule has 0 saturated heterocycles. The lowest BCUT2D eigenvalue weighted by Gasteiger charge is -2.49. The Labute approximate surface area is 339 Å². The first-order valence-corrected chi connectivity index (χ1v) is 21.1. The molecule has 0 unspecified atom stereocenters. The summed E-state index contributed by atoms with van der Waals surface area (Å²) in [5, 5.41) is 25.0. The highest BCUT2D eigenvalue weighted by Crippen LogP contribution is 2.33. The molecule has 0 radical (unpaired) electrons. The van der Waals surface area contributed by atoms with Crippen molar-refractivity contribution in [2.45, 2.75) is 141 Å². The number of benzene rings is 4. The lowest BCUT2D eigenvalue weighted by molar-refractivity contribution is -0.251. The van der Waals surface area contributed by atoms with Crippen LogP contribution in [0.15, 0.2) is 128 Å². The summed E-state index contributed by atoms with van der Waals surface area (Å²) in [5.74, 6) is 0. The van der Waals surface area contributed by atoms with E-state index in [-0.39, 0.29) is 0 Å². The van der Waals surface area contributed by atoms with Crippen molar-refractivity contribution in [2.24, 2.45) is 0 Å². The van der Waals surface area contributed by atoms with Crippen LogP contribution in [0.1, 0.15) is 92.7 Å². The second-order valence-electron chi connectivity index (χ2n) is 15.2. The van der Waals surface area contributed by atoms with Crippen LogP contribution in [0.3, 0.4) is 0 Å². The first kappa shape index (κ1) is 42.4. The largest absolute Gasteiger partial charge is 0.389 e. The molecule has 4 aromatic carbocycles. The van der Waals surface area contributed by atoms with Crippen molar-refractivity contribution < 1.29 is 24.1 Å². The SMILES string of the molecule is CCCCCCCCCCCn1cc(CN[C@@H]2[C@@H](O)[C@H](OCc3ccccc3)[C@@H](OCc3ccccc3)[C@H](OCc3ccccc3)[C@H]2OCc2ccccc2)nn1. The standard InChI is InChI=1S/C48H62N4O5/c1-2-3-4-5-6-7-8-9-22-31-52-33-42(50-51-52)32-49-43-44(53)46(55-35-39-25-16-11-17-26-39)48(57-37-41-29-20-13-21-30-41)47(56-36-40-27-18-12-19-28-40)45(43)54-34-38-23-14-10-15-24-38/h10-21,23-30,33,43-49,53H,2-9,22,31-32,34-37H2,1H3/t43-,44-,45+,46+,47-,48-/m1/s1. The molecule has 5 aromatic rings. The fourth-order valence-electron chi connectivity index (χ4n) is 7.58. The van der Waals surface area contributed by atoms with Crippen molar-refractivity contribution in [2.75, 3.05) is 0 Å². The first-order chi connectivity index (χ1) is 28.2. The molecule has 1 aliphatic rings. The second kappa shape index (κ2) is 23.9. The van der Waals surface area contributed by atoms with Gasteiger partial charge >= 0.3 is 0 Å². The summed E-state index contributed by atoms with van der Waals surface area (Å²) >= 11 is 0. The molecule has 1 aliphatic carbocycles. The smallest absolute Gasteiger partial charge is 0.115 e. The van der Waals surface area contributed by atoms with Crippen LogP contribution in [0.25, 0.3) is 0 Å². The molecule has 6 rings (SSSR count). The fraction of sp³-hybridized carbons (Fsp3) is 0.458. The molecule has 0 aliphatic heterocycles. The highest BCUT2D eigenvalue weighted by atomic mass is 16.6. The van der Waals surface area contributed by atoms with Crippen molar-refractivity contribution in [3.63, 3.8) is 0 Å². The quantitative estimate of drug-likeness (QED) is 0.0568. The van der Waals surface area contributed by atoms with Gasteiger partial charge in [-0.25, -0.2) is 0 Å². The average molecular weight is 775 g/mol. The zero-order valence-corrected chi connectivity index (χ0v) is 33.6. The van der Waals surface area contributed by atoms with Gasteiger partial charge in [0, 0.05) is 19.3 Å². The molecule has 0 bridgehead atoms. The minimum atomic E-state index is -1.01. The monoisotopic (exact) mass is 774 g/mol. The van der Waals surface area contributed by atoms with E-state index in [1.807, 2.05) is 120 Å². The molecule has 57 heavy (non-hydrogen) atoms. The molecule has 0 spiro atoms. The lowest BCUT2D eigenvalue weighted by atomic mass is 9.82. The van der Waals surface area contributed by atoms with Crippen LogP contribution in [0.5, 0.6) is 0 Å². The van der Waals surface area contributed by atoms with E-state index in [1.54, 1.807) is 0 Å². The molecule has 9 heteroatoms. The van der Waals surface area contributed by atoms with Gasteiger partial charge in [-0.15, -0.1) is 5.10 Å². The summed E-state index contributed by atoms with van der Waals surface area (Å²) in [6.07, 6.45) is 9.87. The Hall–Kier alpha value is -4.22. The predicted molar refractivity (Wildman–Crippen MR) is 224 cm³/mol. The number of hydrogen-bond donors (Lipinski definition) is 2. The topological polar surface area (TPSA) is 99.9 Å². The van der Waals surface area contributed by atoms with Gasteiger partial charge in [-0.05, 0) is 28.7 Å². The van der Waals surface area contributed by atoms with Gasteiger partial charge in [0.2, 0.25) is 0 Å². The van der Waals surface area contributed by atoms with Crippen LogP contribution < -0.4 is 5.32 Å². The van der Waals surface area contributed by atoms with E-state index < -0.39 is 36.6 Å². The third-order valence-electron chi connectivity index (χ3n) is 10.8. The summed E-state index contributed by atoms with van der Waals surface area (Å²) in [7, 11) is 0. The van der Waals surface area contributed by atoms with Crippen LogP contribution in [0.2, 0.25) is 0 Å².